The van der Waals surface area contributed by atoms with Gasteiger partial charge in [-0.3, -0.25) is 4.79 Å². The summed E-state index contributed by atoms with van der Waals surface area (Å²) in [6.45, 7) is 3.02. The first kappa shape index (κ1) is 16.9. The zero-order valence-corrected chi connectivity index (χ0v) is 13.6. The van der Waals surface area contributed by atoms with E-state index in [4.69, 9.17) is 5.11 Å². The second-order valence-electron chi connectivity index (χ2n) is 5.65. The molecule has 0 aliphatic carbocycles. The Labute approximate surface area is 137 Å². The van der Waals surface area contributed by atoms with Crippen molar-refractivity contribution in [2.45, 2.75) is 39.2 Å². The van der Waals surface area contributed by atoms with Gasteiger partial charge in [0.25, 0.3) is 0 Å². The molecule has 2 aromatic rings. The van der Waals surface area contributed by atoms with Gasteiger partial charge in [-0.15, -0.1) is 0 Å². The van der Waals surface area contributed by atoms with E-state index in [1.54, 1.807) is 0 Å². The molecule has 0 unspecified atom stereocenters. The van der Waals surface area contributed by atoms with Gasteiger partial charge in [0, 0.05) is 25.0 Å². The summed E-state index contributed by atoms with van der Waals surface area (Å²) < 4.78 is 2.09. The van der Waals surface area contributed by atoms with Gasteiger partial charge in [-0.2, -0.15) is 0 Å². The number of rotatable bonds is 8. The maximum Gasteiger partial charge on any atom is 0.303 e. The molecule has 0 bridgehead atoms. The molecule has 0 spiro atoms. The first-order valence-electron chi connectivity index (χ1n) is 8.15. The predicted octanol–water partition coefficient (Wildman–Crippen LogP) is 3.96. The van der Waals surface area contributed by atoms with Crippen LogP contribution in [-0.2, 0) is 17.8 Å². The highest BCUT2D eigenvalue weighted by atomic mass is 16.4. The van der Waals surface area contributed by atoms with E-state index in [1.165, 1.54) is 11.1 Å². The van der Waals surface area contributed by atoms with Crippen LogP contribution in [0.4, 0.5) is 0 Å². The highest BCUT2D eigenvalue weighted by Gasteiger charge is 2.02. The lowest BCUT2D eigenvalue weighted by molar-refractivity contribution is -0.697. The molecule has 1 aromatic carbocycles. The Kier molecular flexibility index (Phi) is 6.55. The van der Waals surface area contributed by atoms with E-state index in [0.29, 0.717) is 0 Å². The molecule has 23 heavy (non-hydrogen) atoms. The molecular weight excluding hydrogens is 286 g/mol. The Balaban J connectivity index is 1.86. The summed E-state index contributed by atoms with van der Waals surface area (Å²) in [6, 6.07) is 12.8. The van der Waals surface area contributed by atoms with Crippen molar-refractivity contribution < 1.29 is 14.5 Å². The lowest BCUT2D eigenvalue weighted by atomic mass is 10.1. The van der Waals surface area contributed by atoms with Gasteiger partial charge in [0.05, 0.1) is 0 Å². The Morgan fingerprint density at radius 2 is 1.61 bits per heavy atom. The minimum Gasteiger partial charge on any atom is -0.481 e. The van der Waals surface area contributed by atoms with Crippen molar-refractivity contribution in [3.8, 4) is 0 Å². The maximum absolute atomic E-state index is 10.5. The Hall–Kier alpha value is -2.42. The highest BCUT2D eigenvalue weighted by molar-refractivity contribution is 5.69. The number of carboxylic acid groups (broad SMARTS) is 1. The molecule has 0 fully saturated rings. The monoisotopic (exact) mass is 310 g/mol. The number of pyridine rings is 1. The third kappa shape index (κ3) is 6.07. The van der Waals surface area contributed by atoms with Gasteiger partial charge in [-0.05, 0) is 29.5 Å². The number of aliphatic carboxylic acids is 1. The molecule has 0 radical (unpaired) electrons. The van der Waals surface area contributed by atoms with E-state index in [1.807, 2.05) is 12.4 Å². The first-order valence-corrected chi connectivity index (χ1v) is 8.15. The number of hydrogen-bond donors (Lipinski definition) is 1. The van der Waals surface area contributed by atoms with Crippen LogP contribution in [0.1, 0.15) is 42.9 Å². The van der Waals surface area contributed by atoms with Gasteiger partial charge < -0.3 is 5.11 Å². The third-order valence-corrected chi connectivity index (χ3v) is 3.83. The Morgan fingerprint density at radius 1 is 1.00 bits per heavy atom. The van der Waals surface area contributed by atoms with Crippen LogP contribution in [0.5, 0.6) is 0 Å². The molecule has 1 heterocycles. The van der Waals surface area contributed by atoms with Gasteiger partial charge in [-0.1, -0.05) is 43.3 Å². The SMILES string of the molecule is CCc1ccc(/C=C\c2cc[n+](CCCCC(=O)O)cc2)cc1. The molecule has 0 aliphatic rings. The summed E-state index contributed by atoms with van der Waals surface area (Å²) in [7, 11) is 0. The molecule has 1 N–H and O–H groups in total. The minimum absolute atomic E-state index is 0.248. The number of nitrogens with zero attached hydrogens (tertiary/aromatic N) is 1. The van der Waals surface area contributed by atoms with E-state index >= 15 is 0 Å². The lowest BCUT2D eigenvalue weighted by Crippen LogP contribution is -2.32. The molecule has 2 rings (SSSR count). The van der Waals surface area contributed by atoms with Crippen molar-refractivity contribution >= 4 is 18.1 Å². The number of carbonyl (C=O) groups is 1. The summed E-state index contributed by atoms with van der Waals surface area (Å²) in [5, 5.41) is 8.61. The van der Waals surface area contributed by atoms with Gasteiger partial charge in [0.2, 0.25) is 0 Å². The van der Waals surface area contributed by atoms with Crippen LogP contribution < -0.4 is 4.57 Å². The fourth-order valence-corrected chi connectivity index (χ4v) is 2.36. The van der Waals surface area contributed by atoms with Crippen LogP contribution >= 0.6 is 0 Å². The molecule has 1 aromatic heterocycles. The normalized spacial score (nSPS) is 11.0. The molecule has 0 saturated heterocycles. The van der Waals surface area contributed by atoms with Crippen LogP contribution in [0, 0.1) is 0 Å². The van der Waals surface area contributed by atoms with Crippen LogP contribution in [0.2, 0.25) is 0 Å². The number of carboxylic acids is 1. The second-order valence-corrected chi connectivity index (χ2v) is 5.65. The zero-order chi connectivity index (χ0) is 16.5. The number of aromatic nitrogens is 1. The van der Waals surface area contributed by atoms with Crippen molar-refractivity contribution in [3.63, 3.8) is 0 Å². The minimum atomic E-state index is -0.720. The molecule has 120 valence electrons. The molecule has 3 nitrogen and oxygen atoms in total. The standard InChI is InChI=1S/C20H23NO2/c1-2-17-6-8-18(9-7-17)10-11-19-12-15-21(16-13-19)14-4-3-5-20(22)23/h6-13,15-16H,2-5,14H2,1H3/p+1/b11-10-. The van der Waals surface area contributed by atoms with Crippen LogP contribution in [-0.4, -0.2) is 11.1 Å². The lowest BCUT2D eigenvalue weighted by Gasteiger charge is -1.99. The zero-order valence-electron chi connectivity index (χ0n) is 13.6. The van der Waals surface area contributed by atoms with Crippen LogP contribution in [0.3, 0.4) is 0 Å². The van der Waals surface area contributed by atoms with E-state index in [-0.39, 0.29) is 6.42 Å². The molecule has 0 aliphatic heterocycles. The quantitative estimate of drug-likeness (QED) is 0.592. The molecule has 3 heteroatoms. The second kappa shape index (κ2) is 8.89. The molecular formula is C20H24NO2+. The predicted molar refractivity (Wildman–Crippen MR) is 92.9 cm³/mol. The number of aryl methyl sites for hydroxylation is 2. The average Bonchev–Trinajstić information content (AvgIpc) is 2.58. The highest BCUT2D eigenvalue weighted by Crippen LogP contribution is 2.09. The van der Waals surface area contributed by atoms with Gasteiger partial charge in [0.15, 0.2) is 12.4 Å². The van der Waals surface area contributed by atoms with Crippen molar-refractivity contribution in [1.82, 2.24) is 0 Å². The van der Waals surface area contributed by atoms with Gasteiger partial charge >= 0.3 is 5.97 Å². The number of benzene rings is 1. The van der Waals surface area contributed by atoms with Crippen molar-refractivity contribution in [2.24, 2.45) is 0 Å². The van der Waals surface area contributed by atoms with E-state index in [0.717, 1.165) is 31.4 Å². The summed E-state index contributed by atoms with van der Waals surface area (Å²) in [5.41, 5.74) is 3.71. The third-order valence-electron chi connectivity index (χ3n) is 3.83. The van der Waals surface area contributed by atoms with Crippen molar-refractivity contribution in [2.75, 3.05) is 0 Å². The van der Waals surface area contributed by atoms with Crippen LogP contribution in [0.25, 0.3) is 12.2 Å². The largest absolute Gasteiger partial charge is 0.481 e. The molecule has 0 saturated carbocycles. The van der Waals surface area contributed by atoms with E-state index in [2.05, 4.69) is 60.0 Å². The topological polar surface area (TPSA) is 41.2 Å². The van der Waals surface area contributed by atoms with Crippen molar-refractivity contribution in [3.05, 3.63) is 65.5 Å². The fourth-order valence-electron chi connectivity index (χ4n) is 2.36. The van der Waals surface area contributed by atoms with Crippen molar-refractivity contribution in [1.29, 1.82) is 0 Å². The van der Waals surface area contributed by atoms with Gasteiger partial charge in [0.1, 0.15) is 6.54 Å². The van der Waals surface area contributed by atoms with E-state index < -0.39 is 5.97 Å². The summed E-state index contributed by atoms with van der Waals surface area (Å²) in [4.78, 5) is 10.5. The first-order chi connectivity index (χ1) is 11.2. The summed E-state index contributed by atoms with van der Waals surface area (Å²) in [6.07, 6.45) is 11.2. The fraction of sp³-hybridized carbons (Fsp3) is 0.300. The molecule has 0 atom stereocenters. The summed E-state index contributed by atoms with van der Waals surface area (Å²) >= 11 is 0. The average molecular weight is 310 g/mol. The Bertz CT molecular complexity index is 642. The smallest absolute Gasteiger partial charge is 0.303 e. The van der Waals surface area contributed by atoms with Gasteiger partial charge in [-0.25, -0.2) is 4.57 Å². The number of hydrogen-bond acceptors (Lipinski definition) is 1. The maximum atomic E-state index is 10.5. The van der Waals surface area contributed by atoms with E-state index in [9.17, 15) is 4.79 Å². The number of unbranched alkanes of at least 4 members (excludes halogenated alkanes) is 1. The Morgan fingerprint density at radius 3 is 2.17 bits per heavy atom. The summed E-state index contributed by atoms with van der Waals surface area (Å²) in [5.74, 6) is -0.720. The molecule has 0 amide bonds. The van der Waals surface area contributed by atoms with Crippen LogP contribution in [0.15, 0.2) is 48.8 Å².